The van der Waals surface area contributed by atoms with Crippen LogP contribution in [0.2, 0.25) is 5.02 Å². The molecular formula is C26H25ClN4O2S. The normalized spacial score (nSPS) is 10.9. The van der Waals surface area contributed by atoms with Gasteiger partial charge in [0.15, 0.2) is 11.0 Å². The lowest BCUT2D eigenvalue weighted by atomic mass is 10.1. The Morgan fingerprint density at radius 3 is 2.62 bits per heavy atom. The number of amides is 1. The highest BCUT2D eigenvalue weighted by molar-refractivity contribution is 7.98. The van der Waals surface area contributed by atoms with Crippen molar-refractivity contribution in [3.8, 4) is 11.4 Å². The molecule has 8 heteroatoms. The summed E-state index contributed by atoms with van der Waals surface area (Å²) in [6.07, 6.45) is 0.828. The van der Waals surface area contributed by atoms with Crippen LogP contribution in [0.5, 0.6) is 0 Å². The zero-order chi connectivity index (χ0) is 23.8. The second kappa shape index (κ2) is 11.8. The fourth-order valence-electron chi connectivity index (χ4n) is 3.48. The number of halogens is 1. The first-order valence-electron chi connectivity index (χ1n) is 10.9. The van der Waals surface area contributed by atoms with Crippen molar-refractivity contribution in [1.29, 1.82) is 0 Å². The van der Waals surface area contributed by atoms with Crippen LogP contribution in [-0.2, 0) is 17.0 Å². The van der Waals surface area contributed by atoms with E-state index >= 15 is 0 Å². The topological polar surface area (TPSA) is 69.0 Å². The zero-order valence-electron chi connectivity index (χ0n) is 18.8. The molecule has 1 amide bonds. The lowest BCUT2D eigenvalue weighted by molar-refractivity contribution is 0.102. The van der Waals surface area contributed by atoms with Gasteiger partial charge in [0.2, 0.25) is 0 Å². The molecule has 0 unspecified atom stereocenters. The quantitative estimate of drug-likeness (QED) is 0.211. The Morgan fingerprint density at radius 2 is 1.82 bits per heavy atom. The number of carbonyl (C=O) groups is 1. The summed E-state index contributed by atoms with van der Waals surface area (Å²) >= 11 is 8.01. The van der Waals surface area contributed by atoms with E-state index in [0.29, 0.717) is 29.5 Å². The van der Waals surface area contributed by atoms with Crippen molar-refractivity contribution < 1.29 is 9.53 Å². The smallest absolute Gasteiger partial charge is 0.255 e. The first kappa shape index (κ1) is 24.0. The standard InChI is InChI=1S/C26H25ClN4O2S/c1-33-16-8-15-31-24(22-13-5-6-14-23(22)27)29-30-26(31)34-18-19-9-7-10-20(17-19)25(32)28-21-11-3-2-4-12-21/h2-7,9-14,17H,8,15-16,18H2,1H3,(H,28,32). The molecule has 0 saturated carbocycles. The van der Waals surface area contributed by atoms with Crippen LogP contribution in [0.4, 0.5) is 5.69 Å². The number of methoxy groups -OCH3 is 1. The highest BCUT2D eigenvalue weighted by atomic mass is 35.5. The van der Waals surface area contributed by atoms with E-state index in [9.17, 15) is 4.79 Å². The van der Waals surface area contributed by atoms with Crippen molar-refractivity contribution >= 4 is 35.0 Å². The van der Waals surface area contributed by atoms with Gasteiger partial charge in [-0.25, -0.2) is 0 Å². The summed E-state index contributed by atoms with van der Waals surface area (Å²) in [6.45, 7) is 1.35. The molecule has 34 heavy (non-hydrogen) atoms. The molecule has 0 radical (unpaired) electrons. The Kier molecular flexibility index (Phi) is 8.36. The largest absolute Gasteiger partial charge is 0.385 e. The van der Waals surface area contributed by atoms with Gasteiger partial charge in [0.05, 0.1) is 5.02 Å². The Hall–Kier alpha value is -3.13. The molecule has 1 heterocycles. The second-order valence-electron chi connectivity index (χ2n) is 7.59. The van der Waals surface area contributed by atoms with Gasteiger partial charge in [-0.2, -0.15) is 0 Å². The maximum Gasteiger partial charge on any atom is 0.255 e. The number of ether oxygens (including phenoxy) is 1. The van der Waals surface area contributed by atoms with Crippen LogP contribution in [0, 0.1) is 0 Å². The Labute approximate surface area is 208 Å². The minimum Gasteiger partial charge on any atom is -0.385 e. The van der Waals surface area contributed by atoms with Crippen LogP contribution in [0.3, 0.4) is 0 Å². The van der Waals surface area contributed by atoms with Crippen LogP contribution >= 0.6 is 23.4 Å². The Bertz CT molecular complexity index is 1250. The van der Waals surface area contributed by atoms with E-state index < -0.39 is 0 Å². The van der Waals surface area contributed by atoms with E-state index in [1.807, 2.05) is 78.9 Å². The average molecular weight is 493 g/mol. The third kappa shape index (κ3) is 6.05. The van der Waals surface area contributed by atoms with Crippen LogP contribution in [0.15, 0.2) is 84.0 Å². The van der Waals surface area contributed by atoms with E-state index in [-0.39, 0.29) is 5.91 Å². The van der Waals surface area contributed by atoms with Crippen LogP contribution < -0.4 is 5.32 Å². The summed E-state index contributed by atoms with van der Waals surface area (Å²) in [5.41, 5.74) is 3.25. The second-order valence-corrected chi connectivity index (χ2v) is 8.94. The molecule has 0 saturated heterocycles. The minimum absolute atomic E-state index is 0.137. The van der Waals surface area contributed by atoms with E-state index in [0.717, 1.165) is 34.2 Å². The van der Waals surface area contributed by atoms with E-state index in [2.05, 4.69) is 20.1 Å². The Morgan fingerprint density at radius 1 is 1.03 bits per heavy atom. The van der Waals surface area contributed by atoms with Gasteiger partial charge < -0.3 is 14.6 Å². The number of aromatic nitrogens is 3. The summed E-state index contributed by atoms with van der Waals surface area (Å²) in [6, 6.07) is 24.7. The molecule has 4 aromatic rings. The highest BCUT2D eigenvalue weighted by Crippen LogP contribution is 2.30. The van der Waals surface area contributed by atoms with Gasteiger partial charge in [0.1, 0.15) is 0 Å². The van der Waals surface area contributed by atoms with Gasteiger partial charge in [-0.1, -0.05) is 65.8 Å². The molecule has 1 aromatic heterocycles. The number of nitrogens with zero attached hydrogens (tertiary/aromatic N) is 3. The maximum atomic E-state index is 12.7. The van der Waals surface area contributed by atoms with Crippen molar-refractivity contribution in [2.24, 2.45) is 0 Å². The molecule has 0 aliphatic carbocycles. The molecule has 1 N–H and O–H groups in total. The average Bonchev–Trinajstić information content (AvgIpc) is 3.26. The van der Waals surface area contributed by atoms with Crippen molar-refractivity contribution in [3.63, 3.8) is 0 Å². The number of carbonyl (C=O) groups excluding carboxylic acids is 1. The number of nitrogens with one attached hydrogen (secondary N) is 1. The first-order valence-corrected chi connectivity index (χ1v) is 12.3. The first-order chi connectivity index (χ1) is 16.7. The van der Waals surface area contributed by atoms with Gasteiger partial charge in [0, 0.05) is 42.8 Å². The van der Waals surface area contributed by atoms with Crippen molar-refractivity contribution in [2.45, 2.75) is 23.9 Å². The number of hydrogen-bond acceptors (Lipinski definition) is 5. The number of thioether (sulfide) groups is 1. The fraction of sp³-hybridized carbons (Fsp3) is 0.192. The van der Waals surface area contributed by atoms with Crippen LogP contribution in [-0.4, -0.2) is 34.4 Å². The molecule has 174 valence electrons. The lowest BCUT2D eigenvalue weighted by Crippen LogP contribution is -2.11. The lowest BCUT2D eigenvalue weighted by Gasteiger charge is -2.11. The van der Waals surface area contributed by atoms with Crippen LogP contribution in [0.25, 0.3) is 11.4 Å². The molecule has 0 aliphatic rings. The predicted octanol–water partition coefficient (Wildman–Crippen LogP) is 6.18. The van der Waals surface area contributed by atoms with Gasteiger partial charge in [-0.15, -0.1) is 10.2 Å². The third-order valence-electron chi connectivity index (χ3n) is 5.15. The van der Waals surface area contributed by atoms with Crippen LogP contribution in [0.1, 0.15) is 22.3 Å². The minimum atomic E-state index is -0.137. The van der Waals surface area contributed by atoms with Gasteiger partial charge in [-0.05, 0) is 48.4 Å². The molecule has 0 atom stereocenters. The van der Waals surface area contributed by atoms with E-state index in [1.54, 1.807) is 18.9 Å². The molecule has 0 aliphatic heterocycles. The summed E-state index contributed by atoms with van der Waals surface area (Å²) < 4.78 is 7.31. The summed E-state index contributed by atoms with van der Waals surface area (Å²) in [7, 11) is 1.69. The van der Waals surface area contributed by atoms with Crippen molar-refractivity contribution in [3.05, 3.63) is 95.0 Å². The van der Waals surface area contributed by atoms with E-state index in [1.165, 1.54) is 0 Å². The summed E-state index contributed by atoms with van der Waals surface area (Å²) in [4.78, 5) is 12.7. The molecule has 0 spiro atoms. The number of benzene rings is 3. The number of anilines is 1. The molecule has 0 fully saturated rings. The third-order valence-corrected chi connectivity index (χ3v) is 6.52. The number of rotatable bonds is 10. The summed E-state index contributed by atoms with van der Waals surface area (Å²) in [5, 5.41) is 13.2. The predicted molar refractivity (Wildman–Crippen MR) is 137 cm³/mol. The Balaban J connectivity index is 1.50. The monoisotopic (exact) mass is 492 g/mol. The van der Waals surface area contributed by atoms with Gasteiger partial charge >= 0.3 is 0 Å². The molecule has 3 aromatic carbocycles. The molecular weight excluding hydrogens is 468 g/mol. The molecule has 0 bridgehead atoms. The van der Waals surface area contributed by atoms with Crippen molar-refractivity contribution in [2.75, 3.05) is 19.0 Å². The molecule has 6 nitrogen and oxygen atoms in total. The number of para-hydroxylation sites is 1. The molecule has 4 rings (SSSR count). The fourth-order valence-corrected chi connectivity index (χ4v) is 4.61. The summed E-state index contributed by atoms with van der Waals surface area (Å²) in [5.74, 6) is 1.25. The van der Waals surface area contributed by atoms with Crippen molar-refractivity contribution in [1.82, 2.24) is 14.8 Å². The van der Waals surface area contributed by atoms with Gasteiger partial charge in [-0.3, -0.25) is 4.79 Å². The maximum absolute atomic E-state index is 12.7. The van der Waals surface area contributed by atoms with E-state index in [4.69, 9.17) is 16.3 Å². The number of hydrogen-bond donors (Lipinski definition) is 1. The SMILES string of the molecule is COCCCn1c(SCc2cccc(C(=O)Nc3ccccc3)c2)nnc1-c1ccccc1Cl. The van der Waals surface area contributed by atoms with Gasteiger partial charge in [0.25, 0.3) is 5.91 Å². The zero-order valence-corrected chi connectivity index (χ0v) is 20.4. The highest BCUT2D eigenvalue weighted by Gasteiger charge is 2.17.